The summed E-state index contributed by atoms with van der Waals surface area (Å²) in [6, 6.07) is 13.0. The number of aromatic nitrogens is 5. The van der Waals surface area contributed by atoms with Gasteiger partial charge in [-0.05, 0) is 48.9 Å². The summed E-state index contributed by atoms with van der Waals surface area (Å²) in [6.45, 7) is 2.32. The van der Waals surface area contributed by atoms with Crippen molar-refractivity contribution in [2.24, 2.45) is 0 Å². The monoisotopic (exact) mass is 479 g/mol. The number of hydrogen-bond donors (Lipinski definition) is 0. The predicted molar refractivity (Wildman–Crippen MR) is 103 cm³/mol. The second-order valence-electron chi connectivity index (χ2n) is 6.27. The van der Waals surface area contributed by atoms with E-state index < -0.39 is 6.36 Å². The first-order chi connectivity index (χ1) is 14.3. The lowest BCUT2D eigenvalue weighted by Gasteiger charge is -2.08. The average Bonchev–Trinajstić information content (AvgIpc) is 3.29. The predicted octanol–water partition coefficient (Wildman–Crippen LogP) is 5.01. The van der Waals surface area contributed by atoms with Crippen LogP contribution in [0, 0.1) is 6.92 Å². The van der Waals surface area contributed by atoms with E-state index in [9.17, 15) is 13.2 Å². The molecular formula is C19H13BrF3N5O2. The molecule has 0 amide bonds. The van der Waals surface area contributed by atoms with Crippen molar-refractivity contribution in [3.8, 4) is 28.9 Å². The molecule has 30 heavy (non-hydrogen) atoms. The van der Waals surface area contributed by atoms with Crippen LogP contribution in [0.5, 0.6) is 5.75 Å². The zero-order chi connectivity index (χ0) is 21.3. The molecule has 11 heteroatoms. The Balaban J connectivity index is 1.53. The van der Waals surface area contributed by atoms with E-state index in [0.29, 0.717) is 17.9 Å². The van der Waals surface area contributed by atoms with Crippen LogP contribution < -0.4 is 4.74 Å². The van der Waals surface area contributed by atoms with Gasteiger partial charge in [-0.15, -0.1) is 18.3 Å². The third kappa shape index (κ3) is 4.67. The fourth-order valence-electron chi connectivity index (χ4n) is 2.71. The summed E-state index contributed by atoms with van der Waals surface area (Å²) in [4.78, 5) is 8.60. The Labute approximate surface area is 176 Å². The van der Waals surface area contributed by atoms with Gasteiger partial charge in [-0.1, -0.05) is 33.2 Å². The number of aryl methyl sites for hydroxylation is 1. The van der Waals surface area contributed by atoms with Crippen molar-refractivity contribution in [3.05, 3.63) is 64.4 Å². The summed E-state index contributed by atoms with van der Waals surface area (Å²) >= 11 is 3.44. The quantitative estimate of drug-likeness (QED) is 0.400. The van der Waals surface area contributed by atoms with Crippen LogP contribution in [0.3, 0.4) is 0 Å². The molecule has 0 aliphatic rings. The minimum Gasteiger partial charge on any atom is -0.406 e. The molecule has 0 aliphatic heterocycles. The molecule has 0 bridgehead atoms. The Morgan fingerprint density at radius 1 is 1.07 bits per heavy atom. The number of rotatable bonds is 5. The van der Waals surface area contributed by atoms with Gasteiger partial charge in [0.1, 0.15) is 11.6 Å². The van der Waals surface area contributed by atoms with E-state index in [1.807, 2.05) is 31.2 Å². The Morgan fingerprint density at radius 3 is 2.53 bits per heavy atom. The van der Waals surface area contributed by atoms with Gasteiger partial charge >= 0.3 is 6.36 Å². The molecule has 7 nitrogen and oxygen atoms in total. The first kappa shape index (κ1) is 20.1. The van der Waals surface area contributed by atoms with Gasteiger partial charge in [0.05, 0.1) is 6.54 Å². The molecule has 0 atom stereocenters. The van der Waals surface area contributed by atoms with E-state index in [4.69, 9.17) is 4.52 Å². The molecule has 0 N–H and O–H groups in total. The normalized spacial score (nSPS) is 11.6. The Morgan fingerprint density at radius 2 is 1.83 bits per heavy atom. The number of hydrogen-bond acceptors (Lipinski definition) is 6. The molecule has 0 fully saturated rings. The lowest BCUT2D eigenvalue weighted by atomic mass is 10.2. The highest BCUT2D eigenvalue weighted by molar-refractivity contribution is 9.10. The Hall–Kier alpha value is -3.21. The molecule has 0 radical (unpaired) electrons. The summed E-state index contributed by atoms with van der Waals surface area (Å²) in [5.41, 5.74) is 1.50. The standard InChI is InChI=1S/C19H13BrF3N5O2/c1-11-24-17(26-28(11)10-12-3-2-4-14(20)9-12)18-25-16(27-30-18)13-5-7-15(8-6-13)29-19(21,22)23/h2-9H,10H2,1H3. The molecular weight excluding hydrogens is 467 g/mol. The lowest BCUT2D eigenvalue weighted by molar-refractivity contribution is -0.274. The van der Waals surface area contributed by atoms with Crippen LogP contribution in [0.25, 0.3) is 23.1 Å². The summed E-state index contributed by atoms with van der Waals surface area (Å²) in [5.74, 6) is 0.900. The van der Waals surface area contributed by atoms with Crippen molar-refractivity contribution in [1.82, 2.24) is 24.9 Å². The highest BCUT2D eigenvalue weighted by Crippen LogP contribution is 2.26. The average molecular weight is 480 g/mol. The van der Waals surface area contributed by atoms with Crippen molar-refractivity contribution < 1.29 is 22.4 Å². The molecule has 2 heterocycles. The fraction of sp³-hybridized carbons (Fsp3) is 0.158. The zero-order valence-corrected chi connectivity index (χ0v) is 17.0. The van der Waals surface area contributed by atoms with Gasteiger partial charge in [0.15, 0.2) is 0 Å². The van der Waals surface area contributed by atoms with E-state index >= 15 is 0 Å². The van der Waals surface area contributed by atoms with Gasteiger partial charge in [0.2, 0.25) is 11.6 Å². The molecule has 4 aromatic rings. The number of nitrogens with zero attached hydrogens (tertiary/aromatic N) is 5. The smallest absolute Gasteiger partial charge is 0.406 e. The Kier molecular flexibility index (Phi) is 5.29. The number of benzene rings is 2. The zero-order valence-electron chi connectivity index (χ0n) is 15.4. The minimum absolute atomic E-state index is 0.108. The fourth-order valence-corrected chi connectivity index (χ4v) is 3.15. The van der Waals surface area contributed by atoms with E-state index in [1.165, 1.54) is 24.3 Å². The van der Waals surface area contributed by atoms with Crippen molar-refractivity contribution in [2.45, 2.75) is 19.8 Å². The summed E-state index contributed by atoms with van der Waals surface area (Å²) in [7, 11) is 0. The molecule has 0 aliphatic carbocycles. The summed E-state index contributed by atoms with van der Waals surface area (Å²) in [6.07, 6.45) is -4.75. The van der Waals surface area contributed by atoms with Crippen LogP contribution in [0.4, 0.5) is 13.2 Å². The SMILES string of the molecule is Cc1nc(-c2nc(-c3ccc(OC(F)(F)F)cc3)no2)nn1Cc1cccc(Br)c1. The van der Waals surface area contributed by atoms with E-state index in [-0.39, 0.29) is 23.3 Å². The van der Waals surface area contributed by atoms with Gasteiger partial charge < -0.3 is 9.26 Å². The van der Waals surface area contributed by atoms with Crippen molar-refractivity contribution in [3.63, 3.8) is 0 Å². The van der Waals surface area contributed by atoms with Crippen molar-refractivity contribution >= 4 is 15.9 Å². The van der Waals surface area contributed by atoms with Crippen LogP contribution in [-0.2, 0) is 6.54 Å². The molecule has 4 rings (SSSR count). The van der Waals surface area contributed by atoms with Crippen LogP contribution in [0.2, 0.25) is 0 Å². The largest absolute Gasteiger partial charge is 0.573 e. The molecule has 0 unspecified atom stereocenters. The molecule has 154 valence electrons. The van der Waals surface area contributed by atoms with Gasteiger partial charge in [0.25, 0.3) is 5.89 Å². The van der Waals surface area contributed by atoms with Gasteiger partial charge in [-0.25, -0.2) is 9.67 Å². The van der Waals surface area contributed by atoms with E-state index in [2.05, 4.69) is 40.9 Å². The maximum Gasteiger partial charge on any atom is 0.573 e. The van der Waals surface area contributed by atoms with Gasteiger partial charge in [-0.3, -0.25) is 0 Å². The van der Waals surface area contributed by atoms with Crippen molar-refractivity contribution in [1.29, 1.82) is 0 Å². The number of alkyl halides is 3. The topological polar surface area (TPSA) is 78.9 Å². The molecule has 2 aromatic carbocycles. The minimum atomic E-state index is -4.75. The second-order valence-corrected chi connectivity index (χ2v) is 7.18. The maximum absolute atomic E-state index is 12.3. The number of halogens is 4. The third-order valence-electron chi connectivity index (χ3n) is 4.04. The highest BCUT2D eigenvalue weighted by Gasteiger charge is 2.31. The highest BCUT2D eigenvalue weighted by atomic mass is 79.9. The van der Waals surface area contributed by atoms with Crippen molar-refractivity contribution in [2.75, 3.05) is 0 Å². The third-order valence-corrected chi connectivity index (χ3v) is 4.53. The molecule has 0 saturated carbocycles. The number of ether oxygens (including phenoxy) is 1. The van der Waals surface area contributed by atoms with Gasteiger partial charge in [0, 0.05) is 10.0 Å². The second kappa shape index (κ2) is 7.90. The lowest BCUT2D eigenvalue weighted by Crippen LogP contribution is -2.16. The summed E-state index contributed by atoms with van der Waals surface area (Å²) < 4.78 is 48.6. The van der Waals surface area contributed by atoms with E-state index in [0.717, 1.165) is 10.0 Å². The molecule has 2 aromatic heterocycles. The summed E-state index contributed by atoms with van der Waals surface area (Å²) in [5, 5.41) is 8.27. The Bertz CT molecular complexity index is 1170. The van der Waals surface area contributed by atoms with Crippen LogP contribution in [0.1, 0.15) is 11.4 Å². The van der Waals surface area contributed by atoms with Crippen LogP contribution in [0.15, 0.2) is 57.5 Å². The van der Waals surface area contributed by atoms with Crippen LogP contribution >= 0.6 is 15.9 Å². The molecule has 0 spiro atoms. The maximum atomic E-state index is 12.3. The first-order valence-electron chi connectivity index (χ1n) is 8.63. The van der Waals surface area contributed by atoms with Gasteiger partial charge in [-0.2, -0.15) is 4.98 Å². The molecule has 0 saturated heterocycles. The van der Waals surface area contributed by atoms with E-state index in [1.54, 1.807) is 4.68 Å². The first-order valence-corrected chi connectivity index (χ1v) is 9.42. The van der Waals surface area contributed by atoms with Crippen LogP contribution in [-0.4, -0.2) is 31.3 Å².